The van der Waals surface area contributed by atoms with Crippen LogP contribution in [0.3, 0.4) is 0 Å². The fourth-order valence-corrected chi connectivity index (χ4v) is 2.10. The van der Waals surface area contributed by atoms with E-state index in [0.717, 1.165) is 5.52 Å². The van der Waals surface area contributed by atoms with Crippen molar-refractivity contribution in [1.29, 1.82) is 0 Å². The zero-order valence-corrected chi connectivity index (χ0v) is 11.4. The van der Waals surface area contributed by atoms with Crippen molar-refractivity contribution < 1.29 is 14.5 Å². The van der Waals surface area contributed by atoms with Gasteiger partial charge in [0, 0.05) is 17.5 Å². The molecule has 0 atom stereocenters. The first-order valence-electron chi connectivity index (χ1n) is 6.49. The van der Waals surface area contributed by atoms with E-state index in [1.54, 1.807) is 30.3 Å². The molecule has 110 valence electrons. The van der Waals surface area contributed by atoms with Gasteiger partial charge in [-0.3, -0.25) is 15.2 Å². The highest BCUT2D eigenvalue weighted by molar-refractivity contribution is 6.01. The number of esters is 1. The number of fused-ring (bicyclic) bond motifs is 1. The molecule has 7 nitrogen and oxygen atoms in total. The monoisotopic (exact) mass is 297 g/mol. The van der Waals surface area contributed by atoms with E-state index in [-0.39, 0.29) is 18.0 Å². The zero-order valence-electron chi connectivity index (χ0n) is 11.4. The van der Waals surface area contributed by atoms with Crippen LogP contribution >= 0.6 is 0 Å². The molecule has 0 spiro atoms. The van der Waals surface area contributed by atoms with E-state index in [0.29, 0.717) is 10.9 Å². The molecule has 2 aromatic carbocycles. The van der Waals surface area contributed by atoms with Crippen LogP contribution in [-0.2, 0) is 11.3 Å². The summed E-state index contributed by atoms with van der Waals surface area (Å²) in [5.41, 5.74) is 1.44. The minimum absolute atomic E-state index is 0.0428. The van der Waals surface area contributed by atoms with Crippen LogP contribution < -0.4 is 0 Å². The van der Waals surface area contributed by atoms with Crippen molar-refractivity contribution in [2.45, 2.75) is 6.61 Å². The Morgan fingerprint density at radius 3 is 2.86 bits per heavy atom. The molecule has 22 heavy (non-hydrogen) atoms. The van der Waals surface area contributed by atoms with Crippen LogP contribution in [0.5, 0.6) is 0 Å². The van der Waals surface area contributed by atoms with Gasteiger partial charge < -0.3 is 4.74 Å². The van der Waals surface area contributed by atoms with E-state index in [1.165, 1.54) is 12.1 Å². The second-order valence-electron chi connectivity index (χ2n) is 4.62. The number of para-hydroxylation sites is 1. The normalized spacial score (nSPS) is 10.5. The molecule has 3 rings (SSSR count). The highest BCUT2D eigenvalue weighted by Gasteiger charge is 2.15. The summed E-state index contributed by atoms with van der Waals surface area (Å²) in [5.74, 6) is -0.580. The number of benzene rings is 2. The number of rotatable bonds is 4. The summed E-state index contributed by atoms with van der Waals surface area (Å²) in [7, 11) is 0. The number of aromatic nitrogens is 2. The van der Waals surface area contributed by atoms with Gasteiger partial charge in [-0.1, -0.05) is 30.3 Å². The first-order valence-corrected chi connectivity index (χ1v) is 6.49. The number of nitro groups is 1. The van der Waals surface area contributed by atoms with Crippen molar-refractivity contribution in [2.75, 3.05) is 0 Å². The average Bonchev–Trinajstić information content (AvgIpc) is 2.97. The Hall–Kier alpha value is -3.22. The molecule has 1 aromatic heterocycles. The molecule has 0 fully saturated rings. The van der Waals surface area contributed by atoms with Crippen LogP contribution in [0.2, 0.25) is 0 Å². The zero-order chi connectivity index (χ0) is 15.5. The number of ether oxygens (including phenoxy) is 1. The third-order valence-corrected chi connectivity index (χ3v) is 3.16. The van der Waals surface area contributed by atoms with Gasteiger partial charge in [-0.05, 0) is 11.6 Å². The Bertz CT molecular complexity index is 857. The van der Waals surface area contributed by atoms with Gasteiger partial charge in [0.05, 0.1) is 10.4 Å². The summed E-state index contributed by atoms with van der Waals surface area (Å²) >= 11 is 0. The van der Waals surface area contributed by atoms with Crippen molar-refractivity contribution >= 4 is 22.6 Å². The van der Waals surface area contributed by atoms with Gasteiger partial charge in [0.2, 0.25) is 0 Å². The van der Waals surface area contributed by atoms with Crippen molar-refractivity contribution in [3.05, 3.63) is 69.9 Å². The van der Waals surface area contributed by atoms with Crippen LogP contribution in [0.1, 0.15) is 16.1 Å². The standard InChI is InChI=1S/C15H11N3O4/c19-15(14-12-6-1-2-7-13(12)16-17-14)22-9-10-4-3-5-11(8-10)18(20)21/h1-8H,9H2,(H,16,17). The van der Waals surface area contributed by atoms with E-state index < -0.39 is 10.9 Å². The highest BCUT2D eigenvalue weighted by Crippen LogP contribution is 2.18. The number of carbonyl (C=O) groups is 1. The molecule has 0 saturated heterocycles. The lowest BCUT2D eigenvalue weighted by Gasteiger charge is -2.03. The second-order valence-corrected chi connectivity index (χ2v) is 4.62. The Labute approximate surface area is 124 Å². The molecular formula is C15H11N3O4. The summed E-state index contributed by atoms with van der Waals surface area (Å²) in [6, 6.07) is 13.2. The quantitative estimate of drug-likeness (QED) is 0.453. The van der Waals surface area contributed by atoms with Gasteiger partial charge in [-0.15, -0.1) is 0 Å². The average molecular weight is 297 g/mol. The maximum absolute atomic E-state index is 12.1. The molecule has 0 aliphatic heterocycles. The smallest absolute Gasteiger partial charge is 0.359 e. The lowest BCUT2D eigenvalue weighted by Crippen LogP contribution is -2.06. The van der Waals surface area contributed by atoms with Crippen LogP contribution in [0.25, 0.3) is 10.9 Å². The predicted octanol–water partition coefficient (Wildman–Crippen LogP) is 2.83. The maximum Gasteiger partial charge on any atom is 0.359 e. The van der Waals surface area contributed by atoms with Crippen molar-refractivity contribution in [2.24, 2.45) is 0 Å². The lowest BCUT2D eigenvalue weighted by atomic mass is 10.2. The number of nitrogens with zero attached hydrogens (tertiary/aromatic N) is 2. The van der Waals surface area contributed by atoms with Gasteiger partial charge >= 0.3 is 5.97 Å². The van der Waals surface area contributed by atoms with Crippen LogP contribution in [0, 0.1) is 10.1 Å². The van der Waals surface area contributed by atoms with E-state index in [4.69, 9.17) is 4.74 Å². The molecule has 0 radical (unpaired) electrons. The van der Waals surface area contributed by atoms with Gasteiger partial charge in [0.25, 0.3) is 5.69 Å². The number of nitrogens with one attached hydrogen (secondary N) is 1. The molecule has 0 aliphatic rings. The summed E-state index contributed by atoms with van der Waals surface area (Å²) in [4.78, 5) is 22.3. The van der Waals surface area contributed by atoms with E-state index in [1.807, 2.05) is 6.07 Å². The molecule has 0 aliphatic carbocycles. The van der Waals surface area contributed by atoms with Crippen molar-refractivity contribution in [3.63, 3.8) is 0 Å². The Morgan fingerprint density at radius 1 is 1.23 bits per heavy atom. The predicted molar refractivity (Wildman–Crippen MR) is 78.3 cm³/mol. The van der Waals surface area contributed by atoms with Crippen molar-refractivity contribution in [1.82, 2.24) is 10.2 Å². The molecule has 3 aromatic rings. The van der Waals surface area contributed by atoms with E-state index in [9.17, 15) is 14.9 Å². The first-order chi connectivity index (χ1) is 10.6. The molecular weight excluding hydrogens is 286 g/mol. The minimum Gasteiger partial charge on any atom is -0.456 e. The fourth-order valence-electron chi connectivity index (χ4n) is 2.10. The summed E-state index contributed by atoms with van der Waals surface area (Å²) in [5, 5.41) is 18.1. The molecule has 0 saturated carbocycles. The van der Waals surface area contributed by atoms with Gasteiger partial charge in [-0.2, -0.15) is 5.10 Å². The van der Waals surface area contributed by atoms with Crippen molar-refractivity contribution in [3.8, 4) is 0 Å². The number of aromatic amines is 1. The van der Waals surface area contributed by atoms with E-state index >= 15 is 0 Å². The fraction of sp³-hybridized carbons (Fsp3) is 0.0667. The summed E-state index contributed by atoms with van der Waals surface area (Å²) in [6.45, 7) is -0.0539. The van der Waals surface area contributed by atoms with E-state index in [2.05, 4.69) is 10.2 Å². The summed E-state index contributed by atoms with van der Waals surface area (Å²) in [6.07, 6.45) is 0. The van der Waals surface area contributed by atoms with Crippen LogP contribution in [-0.4, -0.2) is 21.1 Å². The largest absolute Gasteiger partial charge is 0.456 e. The topological polar surface area (TPSA) is 98.1 Å². The molecule has 0 amide bonds. The second kappa shape index (κ2) is 5.65. The minimum atomic E-state index is -0.580. The third kappa shape index (κ3) is 2.64. The Balaban J connectivity index is 1.75. The maximum atomic E-state index is 12.1. The third-order valence-electron chi connectivity index (χ3n) is 3.16. The number of H-pyrrole nitrogens is 1. The molecule has 1 N–H and O–H groups in total. The van der Waals surface area contributed by atoms with Gasteiger partial charge in [0.15, 0.2) is 5.69 Å². The Morgan fingerprint density at radius 2 is 2.05 bits per heavy atom. The summed E-state index contributed by atoms with van der Waals surface area (Å²) < 4.78 is 5.17. The molecule has 0 unspecified atom stereocenters. The molecule has 0 bridgehead atoms. The Kier molecular flexibility index (Phi) is 3.53. The SMILES string of the molecule is O=C(OCc1cccc([N+](=O)[O-])c1)c1n[nH]c2ccccc12. The van der Waals surface area contributed by atoms with Crippen LogP contribution in [0.4, 0.5) is 5.69 Å². The molecule has 7 heteroatoms. The van der Waals surface area contributed by atoms with Gasteiger partial charge in [0.1, 0.15) is 6.61 Å². The highest BCUT2D eigenvalue weighted by atomic mass is 16.6. The number of nitro benzene ring substituents is 1. The number of hydrogen-bond acceptors (Lipinski definition) is 5. The lowest BCUT2D eigenvalue weighted by molar-refractivity contribution is -0.384. The molecule has 1 heterocycles. The van der Waals surface area contributed by atoms with Gasteiger partial charge in [-0.25, -0.2) is 4.79 Å². The van der Waals surface area contributed by atoms with Crippen LogP contribution in [0.15, 0.2) is 48.5 Å². The number of non-ortho nitro benzene ring substituents is 1. The first kappa shape index (κ1) is 13.7. The number of hydrogen-bond donors (Lipinski definition) is 1. The number of carbonyl (C=O) groups excluding carboxylic acids is 1.